The monoisotopic (exact) mass is 306 g/mol. The predicted molar refractivity (Wildman–Crippen MR) is 81.0 cm³/mol. The molecule has 2 aromatic heterocycles. The topological polar surface area (TPSA) is 35.6 Å². The molecule has 110 valence electrons. The molecule has 6 heteroatoms. The number of fused-ring (bicyclic) bond motifs is 1. The van der Waals surface area contributed by atoms with Crippen molar-refractivity contribution in [2.75, 3.05) is 0 Å². The van der Waals surface area contributed by atoms with Gasteiger partial charge in [-0.05, 0) is 26.0 Å². The van der Waals surface area contributed by atoms with Gasteiger partial charge >= 0.3 is 0 Å². The molecule has 0 aliphatic rings. The summed E-state index contributed by atoms with van der Waals surface area (Å²) < 4.78 is 17.7. The summed E-state index contributed by atoms with van der Waals surface area (Å²) in [6, 6.07) is 4.96. The van der Waals surface area contributed by atoms with Gasteiger partial charge < -0.3 is 4.57 Å². The maximum absolute atomic E-state index is 13.9. The number of nitrogens with zero attached hydrogens (tertiary/aromatic N) is 4. The molecule has 4 nitrogen and oxygen atoms in total. The van der Waals surface area contributed by atoms with Crippen LogP contribution in [0.15, 0.2) is 24.4 Å². The van der Waals surface area contributed by atoms with E-state index in [4.69, 9.17) is 11.6 Å². The van der Waals surface area contributed by atoms with Crippen LogP contribution in [-0.4, -0.2) is 19.3 Å². The third kappa shape index (κ3) is 2.31. The van der Waals surface area contributed by atoms with Gasteiger partial charge in [0.25, 0.3) is 0 Å². The number of imidazole rings is 1. The quantitative estimate of drug-likeness (QED) is 0.694. The number of rotatable bonds is 3. The Kier molecular flexibility index (Phi) is 3.45. The van der Waals surface area contributed by atoms with Gasteiger partial charge in [-0.1, -0.05) is 6.07 Å². The Morgan fingerprint density at radius 2 is 2.14 bits per heavy atom. The number of hydrogen-bond donors (Lipinski definition) is 0. The fourth-order valence-electron chi connectivity index (χ4n) is 2.47. The molecule has 0 aliphatic carbocycles. The van der Waals surface area contributed by atoms with Gasteiger partial charge in [-0.25, -0.2) is 9.37 Å². The Morgan fingerprint density at radius 1 is 1.38 bits per heavy atom. The van der Waals surface area contributed by atoms with E-state index in [1.807, 2.05) is 42.4 Å². The molecule has 0 saturated carbocycles. The Bertz CT molecular complexity index is 803. The summed E-state index contributed by atoms with van der Waals surface area (Å²) in [6.07, 6.45) is 1.82. The van der Waals surface area contributed by atoms with E-state index in [9.17, 15) is 4.39 Å². The normalized spacial score (nSPS) is 13.0. The molecule has 0 amide bonds. The van der Waals surface area contributed by atoms with E-state index >= 15 is 0 Å². The van der Waals surface area contributed by atoms with Gasteiger partial charge in [-0.15, -0.1) is 11.6 Å². The zero-order valence-electron chi connectivity index (χ0n) is 12.1. The lowest BCUT2D eigenvalue weighted by molar-refractivity contribution is 0.637. The summed E-state index contributed by atoms with van der Waals surface area (Å²) in [4.78, 5) is 4.37. The molecule has 0 aliphatic heterocycles. The number of benzene rings is 1. The molecule has 0 radical (unpaired) electrons. The Hall–Kier alpha value is -1.88. The highest BCUT2D eigenvalue weighted by Crippen LogP contribution is 2.27. The molecule has 0 saturated heterocycles. The first-order chi connectivity index (χ1) is 9.99. The standard InChI is InChI=1S/C15H16ClFN4/c1-9(16)15-19-14-12(17)5-4-6-13(14)21(15)8-11-7-18-20(3)10(11)2/h4-7,9H,8H2,1-3H3. The zero-order chi connectivity index (χ0) is 15.1. The molecule has 1 unspecified atom stereocenters. The van der Waals surface area contributed by atoms with Gasteiger partial charge in [0.15, 0.2) is 5.82 Å². The number of aryl methyl sites for hydroxylation is 1. The van der Waals surface area contributed by atoms with Crippen LogP contribution in [0.3, 0.4) is 0 Å². The van der Waals surface area contributed by atoms with E-state index < -0.39 is 0 Å². The molecule has 0 bridgehead atoms. The summed E-state index contributed by atoms with van der Waals surface area (Å²) in [5.41, 5.74) is 3.25. The smallest absolute Gasteiger partial charge is 0.151 e. The molecular weight excluding hydrogens is 291 g/mol. The second-order valence-electron chi connectivity index (χ2n) is 5.16. The number of aromatic nitrogens is 4. The fourth-order valence-corrected chi connectivity index (χ4v) is 2.64. The third-order valence-corrected chi connectivity index (χ3v) is 3.98. The maximum Gasteiger partial charge on any atom is 0.151 e. The molecule has 0 spiro atoms. The summed E-state index contributed by atoms with van der Waals surface area (Å²) in [5.74, 6) is 0.341. The Balaban J connectivity index is 2.18. The van der Waals surface area contributed by atoms with E-state index in [1.165, 1.54) is 6.07 Å². The average Bonchev–Trinajstić information content (AvgIpc) is 2.96. The molecule has 3 aromatic rings. The summed E-state index contributed by atoms with van der Waals surface area (Å²) in [7, 11) is 1.90. The minimum absolute atomic E-state index is 0.297. The molecule has 21 heavy (non-hydrogen) atoms. The van der Waals surface area contributed by atoms with E-state index in [1.54, 1.807) is 6.07 Å². The highest BCUT2D eigenvalue weighted by Gasteiger charge is 2.18. The molecule has 1 atom stereocenters. The first-order valence-electron chi connectivity index (χ1n) is 6.75. The van der Waals surface area contributed by atoms with Crippen molar-refractivity contribution in [3.63, 3.8) is 0 Å². The summed E-state index contributed by atoms with van der Waals surface area (Å²) >= 11 is 6.22. The van der Waals surface area contributed by atoms with Crippen LogP contribution in [0.2, 0.25) is 0 Å². The van der Waals surface area contributed by atoms with Crippen LogP contribution in [0.5, 0.6) is 0 Å². The van der Waals surface area contributed by atoms with Crippen LogP contribution >= 0.6 is 11.6 Å². The molecular formula is C15H16ClFN4. The maximum atomic E-state index is 13.9. The lowest BCUT2D eigenvalue weighted by Gasteiger charge is -2.10. The largest absolute Gasteiger partial charge is 0.322 e. The Labute approximate surface area is 127 Å². The van der Waals surface area contributed by atoms with Crippen LogP contribution in [0, 0.1) is 12.7 Å². The highest BCUT2D eigenvalue weighted by atomic mass is 35.5. The van der Waals surface area contributed by atoms with Crippen molar-refractivity contribution in [3.8, 4) is 0 Å². The van der Waals surface area contributed by atoms with Gasteiger partial charge in [-0.2, -0.15) is 5.10 Å². The number of halogens is 2. The molecule has 3 rings (SSSR count). The van der Waals surface area contributed by atoms with E-state index in [0.717, 1.165) is 16.8 Å². The summed E-state index contributed by atoms with van der Waals surface area (Å²) in [5, 5.41) is 3.95. The van der Waals surface area contributed by atoms with Crippen LogP contribution in [0.25, 0.3) is 11.0 Å². The van der Waals surface area contributed by atoms with Crippen LogP contribution in [-0.2, 0) is 13.6 Å². The zero-order valence-corrected chi connectivity index (χ0v) is 12.9. The lowest BCUT2D eigenvalue weighted by Crippen LogP contribution is -2.06. The summed E-state index contributed by atoms with van der Waals surface area (Å²) in [6.45, 7) is 4.42. The minimum atomic E-state index is -0.326. The molecule has 1 aromatic carbocycles. The van der Waals surface area contributed by atoms with Gasteiger partial charge in [-0.3, -0.25) is 4.68 Å². The van der Waals surface area contributed by atoms with Crippen molar-refractivity contribution in [2.45, 2.75) is 25.8 Å². The van der Waals surface area contributed by atoms with Gasteiger partial charge in [0.1, 0.15) is 11.3 Å². The van der Waals surface area contributed by atoms with Gasteiger partial charge in [0.2, 0.25) is 0 Å². The fraction of sp³-hybridized carbons (Fsp3) is 0.333. The first kappa shape index (κ1) is 14.1. The molecule has 0 N–H and O–H groups in total. The average molecular weight is 307 g/mol. The van der Waals surface area contributed by atoms with E-state index in [2.05, 4.69) is 10.1 Å². The van der Waals surface area contributed by atoms with Crippen molar-refractivity contribution in [1.29, 1.82) is 0 Å². The predicted octanol–water partition coefficient (Wildman–Crippen LogP) is 3.57. The second kappa shape index (κ2) is 5.15. The van der Waals surface area contributed by atoms with Crippen LogP contribution in [0.4, 0.5) is 4.39 Å². The van der Waals surface area contributed by atoms with E-state index in [-0.39, 0.29) is 11.2 Å². The van der Waals surface area contributed by atoms with Crippen molar-refractivity contribution in [2.24, 2.45) is 7.05 Å². The van der Waals surface area contributed by atoms with E-state index in [0.29, 0.717) is 17.9 Å². The van der Waals surface area contributed by atoms with Crippen molar-refractivity contribution >= 4 is 22.6 Å². The minimum Gasteiger partial charge on any atom is -0.322 e. The van der Waals surface area contributed by atoms with Crippen LogP contribution < -0.4 is 0 Å². The SMILES string of the molecule is Cc1c(Cn2c(C(C)Cl)nc3c(F)cccc32)cnn1C. The Morgan fingerprint density at radius 3 is 2.76 bits per heavy atom. The van der Waals surface area contributed by atoms with Gasteiger partial charge in [0.05, 0.1) is 23.6 Å². The lowest BCUT2D eigenvalue weighted by atomic mass is 10.2. The van der Waals surface area contributed by atoms with Crippen molar-refractivity contribution in [1.82, 2.24) is 19.3 Å². The van der Waals surface area contributed by atoms with Crippen molar-refractivity contribution in [3.05, 3.63) is 47.3 Å². The second-order valence-corrected chi connectivity index (χ2v) is 5.81. The van der Waals surface area contributed by atoms with Crippen molar-refractivity contribution < 1.29 is 4.39 Å². The number of hydrogen-bond acceptors (Lipinski definition) is 2. The number of alkyl halides is 1. The number of para-hydroxylation sites is 1. The third-order valence-electron chi connectivity index (χ3n) is 3.78. The first-order valence-corrected chi connectivity index (χ1v) is 7.19. The highest BCUT2D eigenvalue weighted by molar-refractivity contribution is 6.20. The van der Waals surface area contributed by atoms with Gasteiger partial charge in [0, 0.05) is 18.3 Å². The molecule has 2 heterocycles. The molecule has 0 fully saturated rings. The van der Waals surface area contributed by atoms with Crippen LogP contribution in [0.1, 0.15) is 29.4 Å².